The van der Waals surface area contributed by atoms with Gasteiger partial charge >= 0.3 is 5.97 Å². The average Bonchev–Trinajstić information content (AvgIpc) is 3.29. The van der Waals surface area contributed by atoms with Crippen LogP contribution in [0.5, 0.6) is 11.5 Å². The molecule has 1 aliphatic heterocycles. The van der Waals surface area contributed by atoms with Crippen molar-refractivity contribution in [1.82, 2.24) is 4.31 Å². The summed E-state index contributed by atoms with van der Waals surface area (Å²) in [5, 5.41) is 1.87. The van der Waals surface area contributed by atoms with Crippen molar-refractivity contribution in [2.45, 2.75) is 17.7 Å². The van der Waals surface area contributed by atoms with Gasteiger partial charge in [-0.3, -0.25) is 0 Å². The van der Waals surface area contributed by atoms with E-state index in [4.69, 9.17) is 9.47 Å². The summed E-state index contributed by atoms with van der Waals surface area (Å²) in [6.07, 6.45) is 1.71. The molecule has 0 spiro atoms. The third kappa shape index (κ3) is 3.97. The number of ether oxygens (including phenoxy) is 2. The second-order valence-corrected chi connectivity index (χ2v) is 8.84. The number of carbonyl (C=O) groups is 1. The first-order valence-corrected chi connectivity index (χ1v) is 10.8. The summed E-state index contributed by atoms with van der Waals surface area (Å²) in [5.41, 5.74) is 0.191. The van der Waals surface area contributed by atoms with Crippen LogP contribution in [-0.2, 0) is 10.0 Å². The van der Waals surface area contributed by atoms with Crippen molar-refractivity contribution in [2.24, 2.45) is 0 Å². The number of esters is 1. The van der Waals surface area contributed by atoms with Gasteiger partial charge in [0, 0.05) is 13.1 Å². The van der Waals surface area contributed by atoms with E-state index in [2.05, 4.69) is 0 Å². The van der Waals surface area contributed by atoms with Gasteiger partial charge in [-0.1, -0.05) is 18.2 Å². The molecule has 0 atom stereocenters. The van der Waals surface area contributed by atoms with E-state index < -0.39 is 16.0 Å². The molecule has 6 nitrogen and oxygen atoms in total. The molecule has 0 radical (unpaired) electrons. The summed E-state index contributed by atoms with van der Waals surface area (Å²) in [5.74, 6) is 0.482. The number of sulfonamides is 1. The van der Waals surface area contributed by atoms with Crippen molar-refractivity contribution in [3.63, 3.8) is 0 Å². The fraction of sp³-hybridized carbons (Fsp3) is 0.227. The van der Waals surface area contributed by atoms with Crippen molar-refractivity contribution in [3.8, 4) is 11.5 Å². The minimum atomic E-state index is -3.59. The lowest BCUT2D eigenvalue weighted by Gasteiger charge is -2.15. The number of hydrogen-bond acceptors (Lipinski definition) is 5. The van der Waals surface area contributed by atoms with Gasteiger partial charge in [0.1, 0.15) is 11.5 Å². The van der Waals surface area contributed by atoms with Crippen LogP contribution in [0.25, 0.3) is 10.8 Å². The predicted octanol–water partition coefficient (Wildman–Crippen LogP) is 3.85. The molecule has 3 aromatic rings. The van der Waals surface area contributed by atoms with Gasteiger partial charge in [0.15, 0.2) is 0 Å². The molecule has 7 heteroatoms. The van der Waals surface area contributed by atoms with Crippen LogP contribution >= 0.6 is 0 Å². The Morgan fingerprint density at radius 1 is 0.897 bits per heavy atom. The first-order chi connectivity index (χ1) is 14.0. The largest absolute Gasteiger partial charge is 0.497 e. The Morgan fingerprint density at radius 3 is 2.31 bits per heavy atom. The van der Waals surface area contributed by atoms with Gasteiger partial charge in [-0.15, -0.1) is 0 Å². The topological polar surface area (TPSA) is 72.9 Å². The lowest BCUT2D eigenvalue weighted by Crippen LogP contribution is -2.28. The molecule has 0 aromatic heterocycles. The number of methoxy groups -OCH3 is 1. The summed E-state index contributed by atoms with van der Waals surface area (Å²) in [4.78, 5) is 12.7. The minimum absolute atomic E-state index is 0.108. The number of hydrogen-bond donors (Lipinski definition) is 0. The average molecular weight is 411 g/mol. The Morgan fingerprint density at radius 2 is 1.59 bits per heavy atom. The van der Waals surface area contributed by atoms with Crippen LogP contribution in [-0.4, -0.2) is 38.9 Å². The molecule has 1 fully saturated rings. The maximum atomic E-state index is 12.7. The minimum Gasteiger partial charge on any atom is -0.497 e. The molecule has 0 unspecified atom stereocenters. The molecule has 3 aromatic carbocycles. The highest BCUT2D eigenvalue weighted by atomic mass is 32.2. The van der Waals surface area contributed by atoms with E-state index in [1.807, 2.05) is 24.3 Å². The van der Waals surface area contributed by atoms with E-state index in [1.165, 1.54) is 16.4 Å². The summed E-state index contributed by atoms with van der Waals surface area (Å²) < 4.78 is 37.6. The van der Waals surface area contributed by atoms with E-state index >= 15 is 0 Å². The Hall–Kier alpha value is -2.90. The van der Waals surface area contributed by atoms with Gasteiger partial charge in [-0.05, 0) is 66.1 Å². The van der Waals surface area contributed by atoms with Gasteiger partial charge < -0.3 is 9.47 Å². The predicted molar refractivity (Wildman–Crippen MR) is 110 cm³/mol. The molecule has 1 aliphatic rings. The molecule has 0 N–H and O–H groups in total. The Kier molecular flexibility index (Phi) is 5.25. The lowest BCUT2D eigenvalue weighted by atomic mass is 10.1. The quantitative estimate of drug-likeness (QED) is 0.471. The molecule has 0 aliphatic carbocycles. The van der Waals surface area contributed by atoms with Gasteiger partial charge in [-0.2, -0.15) is 4.31 Å². The number of carbonyl (C=O) groups excluding carboxylic acids is 1. The second-order valence-electron chi connectivity index (χ2n) is 6.90. The van der Waals surface area contributed by atoms with E-state index in [-0.39, 0.29) is 10.5 Å². The third-order valence-electron chi connectivity index (χ3n) is 5.00. The molecule has 1 heterocycles. The molecule has 4 rings (SSSR count). The van der Waals surface area contributed by atoms with Crippen LogP contribution in [0.15, 0.2) is 65.6 Å². The zero-order chi connectivity index (χ0) is 20.4. The molecule has 150 valence electrons. The van der Waals surface area contributed by atoms with Gasteiger partial charge in [0.25, 0.3) is 0 Å². The SMILES string of the molecule is COc1ccc2ccc(OC(=O)c3cccc(S(=O)(=O)N4CCCC4)c3)cc2c1. The van der Waals surface area contributed by atoms with Crippen LogP contribution in [0.3, 0.4) is 0 Å². The van der Waals surface area contributed by atoms with E-state index in [0.29, 0.717) is 24.6 Å². The summed E-state index contributed by atoms with van der Waals surface area (Å²) in [6.45, 7) is 1.02. The molecule has 0 saturated carbocycles. The number of nitrogens with zero attached hydrogens (tertiary/aromatic N) is 1. The van der Waals surface area contributed by atoms with Crippen LogP contribution < -0.4 is 9.47 Å². The van der Waals surface area contributed by atoms with Crippen molar-refractivity contribution in [2.75, 3.05) is 20.2 Å². The molecule has 0 bridgehead atoms. The summed E-state index contributed by atoms with van der Waals surface area (Å²) >= 11 is 0. The fourth-order valence-electron chi connectivity index (χ4n) is 3.42. The number of fused-ring (bicyclic) bond motifs is 1. The highest BCUT2D eigenvalue weighted by Gasteiger charge is 2.27. The number of rotatable bonds is 5. The Balaban J connectivity index is 1.58. The molecule has 1 saturated heterocycles. The van der Waals surface area contributed by atoms with E-state index in [0.717, 1.165) is 23.6 Å². The molecule has 29 heavy (non-hydrogen) atoms. The van der Waals surface area contributed by atoms with Gasteiger partial charge in [0.05, 0.1) is 17.6 Å². The molecule has 0 amide bonds. The van der Waals surface area contributed by atoms with Crippen LogP contribution in [0, 0.1) is 0 Å². The normalized spacial score (nSPS) is 14.8. The second kappa shape index (κ2) is 7.85. The van der Waals surface area contributed by atoms with Crippen LogP contribution in [0.2, 0.25) is 0 Å². The Bertz CT molecular complexity index is 1170. The summed E-state index contributed by atoms with van der Waals surface area (Å²) in [7, 11) is -2.00. The summed E-state index contributed by atoms with van der Waals surface area (Å²) in [6, 6.07) is 16.9. The first kappa shape index (κ1) is 19.4. The van der Waals surface area contributed by atoms with E-state index in [9.17, 15) is 13.2 Å². The van der Waals surface area contributed by atoms with E-state index in [1.54, 1.807) is 31.4 Å². The lowest BCUT2D eigenvalue weighted by molar-refractivity contribution is 0.0734. The monoisotopic (exact) mass is 411 g/mol. The van der Waals surface area contributed by atoms with Crippen molar-refractivity contribution in [1.29, 1.82) is 0 Å². The van der Waals surface area contributed by atoms with Gasteiger partial charge in [0.2, 0.25) is 10.0 Å². The molecular weight excluding hydrogens is 390 g/mol. The molecular formula is C22H21NO5S. The highest BCUT2D eigenvalue weighted by molar-refractivity contribution is 7.89. The smallest absolute Gasteiger partial charge is 0.343 e. The first-order valence-electron chi connectivity index (χ1n) is 9.37. The fourth-order valence-corrected chi connectivity index (χ4v) is 4.98. The van der Waals surface area contributed by atoms with Gasteiger partial charge in [-0.25, -0.2) is 13.2 Å². The number of benzene rings is 3. The van der Waals surface area contributed by atoms with Crippen LogP contribution in [0.1, 0.15) is 23.2 Å². The maximum Gasteiger partial charge on any atom is 0.343 e. The van der Waals surface area contributed by atoms with Crippen molar-refractivity contribution in [3.05, 3.63) is 66.2 Å². The van der Waals surface area contributed by atoms with Crippen molar-refractivity contribution < 1.29 is 22.7 Å². The zero-order valence-corrected chi connectivity index (χ0v) is 16.8. The van der Waals surface area contributed by atoms with Crippen molar-refractivity contribution >= 4 is 26.8 Å². The van der Waals surface area contributed by atoms with Crippen LogP contribution in [0.4, 0.5) is 0 Å². The zero-order valence-electron chi connectivity index (χ0n) is 16.0. The standard InChI is InChI=1S/C22H21NO5S/c1-27-19-9-7-16-8-10-20(14-18(16)13-19)28-22(24)17-5-4-6-21(15-17)29(25,26)23-11-2-3-12-23/h4-10,13-15H,2-3,11-12H2,1H3. The third-order valence-corrected chi connectivity index (χ3v) is 6.90. The Labute approximate surface area is 169 Å². The highest BCUT2D eigenvalue weighted by Crippen LogP contribution is 2.26. The maximum absolute atomic E-state index is 12.7.